The van der Waals surface area contributed by atoms with Crippen LogP contribution in [0.1, 0.15) is 34.1 Å². The summed E-state index contributed by atoms with van der Waals surface area (Å²) in [5.41, 5.74) is 6.66. The van der Waals surface area contributed by atoms with Crippen molar-refractivity contribution in [2.24, 2.45) is 11.7 Å². The second kappa shape index (κ2) is 11.9. The highest BCUT2D eigenvalue weighted by atomic mass is 16.5. The molecule has 1 heterocycles. The van der Waals surface area contributed by atoms with Crippen LogP contribution in [0.4, 0.5) is 4.79 Å². The normalized spacial score (nSPS) is 18.3. The lowest BCUT2D eigenvalue weighted by Crippen LogP contribution is -2.45. The fraction of sp³-hybridized carbons (Fsp3) is 0.765. The van der Waals surface area contributed by atoms with Crippen LogP contribution in [0, 0.1) is 11.3 Å². The van der Waals surface area contributed by atoms with E-state index in [2.05, 4.69) is 22.6 Å². The van der Waals surface area contributed by atoms with Gasteiger partial charge >= 0.3 is 6.03 Å². The standard InChI is InChI=1S/C9H19N3O.C8H16N2O/c1-7(2)10-9(13)11-8-4-5-12(3)6-8;1-6(2)8(10)4-7(9)5-11-3/h7-8H,4-6H2,1-3H3,(H2,10,11,13);4,6,10H,5,9H2,1-3H3/b;7-4-,10-8?. The van der Waals surface area contributed by atoms with Crippen LogP contribution in [-0.4, -0.2) is 62.6 Å². The van der Waals surface area contributed by atoms with E-state index in [0.29, 0.717) is 24.1 Å². The van der Waals surface area contributed by atoms with Gasteiger partial charge in [-0.1, -0.05) is 13.8 Å². The zero-order valence-electron chi connectivity index (χ0n) is 16.0. The van der Waals surface area contributed by atoms with Gasteiger partial charge in [0, 0.05) is 37.1 Å². The van der Waals surface area contributed by atoms with Crippen molar-refractivity contribution in [3.8, 4) is 0 Å². The minimum absolute atomic E-state index is 0.0460. The van der Waals surface area contributed by atoms with E-state index in [1.165, 1.54) is 0 Å². The Morgan fingerprint density at radius 3 is 2.46 bits per heavy atom. The molecular formula is C17H35N5O2. The molecular weight excluding hydrogens is 306 g/mol. The van der Waals surface area contributed by atoms with E-state index in [-0.39, 0.29) is 18.0 Å². The molecule has 140 valence electrons. The number of nitrogens with zero attached hydrogens (tertiary/aromatic N) is 1. The first-order valence-electron chi connectivity index (χ1n) is 8.44. The van der Waals surface area contributed by atoms with Crippen LogP contribution in [-0.2, 0) is 4.74 Å². The minimum Gasteiger partial charge on any atom is -0.400 e. The molecule has 5 N–H and O–H groups in total. The molecule has 0 spiro atoms. The number of ether oxygens (including phenoxy) is 1. The summed E-state index contributed by atoms with van der Waals surface area (Å²) in [5.74, 6) is 0.227. The monoisotopic (exact) mass is 341 g/mol. The van der Waals surface area contributed by atoms with Crippen LogP contribution >= 0.6 is 0 Å². The smallest absolute Gasteiger partial charge is 0.315 e. The van der Waals surface area contributed by atoms with Gasteiger partial charge in [0.1, 0.15) is 0 Å². The molecule has 24 heavy (non-hydrogen) atoms. The number of urea groups is 1. The maximum absolute atomic E-state index is 11.3. The Balaban J connectivity index is 0.000000449. The first-order chi connectivity index (χ1) is 11.1. The SMILES string of the molecule is CC(C)NC(=O)NC1CCN(C)C1.COC/C(N)=C/C(=N)C(C)C. The molecule has 7 nitrogen and oxygen atoms in total. The quantitative estimate of drug-likeness (QED) is 0.550. The van der Waals surface area contributed by atoms with Crippen molar-refractivity contribution in [1.82, 2.24) is 15.5 Å². The fourth-order valence-electron chi connectivity index (χ4n) is 2.12. The highest BCUT2D eigenvalue weighted by molar-refractivity contribution is 5.94. The molecule has 1 rings (SSSR count). The minimum atomic E-state index is -0.0460. The summed E-state index contributed by atoms with van der Waals surface area (Å²) in [4.78, 5) is 13.5. The molecule has 0 aromatic heterocycles. The maximum atomic E-state index is 11.3. The molecule has 1 fully saturated rings. The third-order valence-corrected chi connectivity index (χ3v) is 3.42. The van der Waals surface area contributed by atoms with Gasteiger partial charge in [-0.3, -0.25) is 0 Å². The van der Waals surface area contributed by atoms with Gasteiger partial charge in [-0.2, -0.15) is 0 Å². The van der Waals surface area contributed by atoms with Crippen LogP contribution in [0.25, 0.3) is 0 Å². The summed E-state index contributed by atoms with van der Waals surface area (Å²) >= 11 is 0. The van der Waals surface area contributed by atoms with Gasteiger partial charge < -0.3 is 31.4 Å². The fourth-order valence-corrected chi connectivity index (χ4v) is 2.12. The second-order valence-corrected chi connectivity index (χ2v) is 6.78. The molecule has 1 saturated heterocycles. The predicted molar refractivity (Wildman–Crippen MR) is 99.4 cm³/mol. The molecule has 0 aliphatic carbocycles. The van der Waals surface area contributed by atoms with Crippen molar-refractivity contribution in [2.75, 3.05) is 33.9 Å². The average Bonchev–Trinajstić information content (AvgIpc) is 2.83. The van der Waals surface area contributed by atoms with Crippen molar-refractivity contribution >= 4 is 11.7 Å². The van der Waals surface area contributed by atoms with Crippen LogP contribution < -0.4 is 16.4 Å². The molecule has 2 amide bonds. The van der Waals surface area contributed by atoms with Crippen molar-refractivity contribution in [1.29, 1.82) is 5.41 Å². The molecule has 0 radical (unpaired) electrons. The first kappa shape index (κ1) is 22.4. The average molecular weight is 342 g/mol. The molecule has 1 unspecified atom stereocenters. The van der Waals surface area contributed by atoms with Gasteiger partial charge in [-0.15, -0.1) is 0 Å². The number of hydrogen-bond acceptors (Lipinski definition) is 5. The Morgan fingerprint density at radius 2 is 2.04 bits per heavy atom. The Kier molecular flexibility index (Phi) is 11.1. The Labute approximate surface area is 146 Å². The highest BCUT2D eigenvalue weighted by Crippen LogP contribution is 2.05. The summed E-state index contributed by atoms with van der Waals surface area (Å²) < 4.78 is 4.79. The van der Waals surface area contributed by atoms with E-state index in [1.54, 1.807) is 13.2 Å². The Bertz CT molecular complexity index is 421. The Morgan fingerprint density at radius 1 is 1.42 bits per heavy atom. The van der Waals surface area contributed by atoms with E-state index in [9.17, 15) is 4.79 Å². The number of nitrogens with two attached hydrogens (primary N) is 1. The highest BCUT2D eigenvalue weighted by Gasteiger charge is 2.20. The summed E-state index contributed by atoms with van der Waals surface area (Å²) in [6.07, 6.45) is 2.70. The molecule has 7 heteroatoms. The number of allylic oxidation sites excluding steroid dienone is 1. The van der Waals surface area contributed by atoms with Gasteiger partial charge in [-0.25, -0.2) is 4.79 Å². The number of likely N-dealkylation sites (N-methyl/N-ethyl adjacent to an activating group) is 1. The molecule has 0 saturated carbocycles. The number of rotatable bonds is 6. The van der Waals surface area contributed by atoms with Gasteiger partial charge in [0.2, 0.25) is 0 Å². The van der Waals surface area contributed by atoms with E-state index in [0.717, 1.165) is 19.5 Å². The number of carbonyl (C=O) groups is 1. The lowest BCUT2D eigenvalue weighted by molar-refractivity contribution is 0.225. The summed E-state index contributed by atoms with van der Waals surface area (Å²) in [6.45, 7) is 10.3. The predicted octanol–water partition coefficient (Wildman–Crippen LogP) is 1.55. The summed E-state index contributed by atoms with van der Waals surface area (Å²) in [6, 6.07) is 0.484. The van der Waals surface area contributed by atoms with Crippen LogP contribution in [0.2, 0.25) is 0 Å². The third kappa shape index (κ3) is 11.0. The number of methoxy groups -OCH3 is 1. The molecule has 0 bridgehead atoms. The van der Waals surface area contributed by atoms with Crippen molar-refractivity contribution in [3.63, 3.8) is 0 Å². The molecule has 0 aromatic carbocycles. The van der Waals surface area contributed by atoms with Crippen molar-refractivity contribution < 1.29 is 9.53 Å². The van der Waals surface area contributed by atoms with E-state index < -0.39 is 0 Å². The number of nitrogens with one attached hydrogen (secondary N) is 3. The van der Waals surface area contributed by atoms with Crippen LogP contribution in [0.3, 0.4) is 0 Å². The van der Waals surface area contributed by atoms with Crippen LogP contribution in [0.5, 0.6) is 0 Å². The molecule has 0 aromatic rings. The van der Waals surface area contributed by atoms with Gasteiger partial charge in [0.25, 0.3) is 0 Å². The first-order valence-corrected chi connectivity index (χ1v) is 8.44. The topological polar surface area (TPSA) is 103 Å². The van der Waals surface area contributed by atoms with E-state index >= 15 is 0 Å². The van der Waals surface area contributed by atoms with Gasteiger partial charge in [0.05, 0.1) is 6.61 Å². The summed E-state index contributed by atoms with van der Waals surface area (Å²) in [5, 5.41) is 13.2. The molecule has 1 aliphatic heterocycles. The number of likely N-dealkylation sites (tertiary alicyclic amines) is 1. The van der Waals surface area contributed by atoms with Crippen molar-refractivity contribution in [3.05, 3.63) is 11.8 Å². The number of hydrogen-bond donors (Lipinski definition) is 4. The Hall–Kier alpha value is -1.60. The van der Waals surface area contributed by atoms with E-state index in [4.69, 9.17) is 15.9 Å². The van der Waals surface area contributed by atoms with Gasteiger partial charge in [-0.05, 0) is 45.9 Å². The molecule has 1 atom stereocenters. The van der Waals surface area contributed by atoms with E-state index in [1.807, 2.05) is 27.7 Å². The lowest BCUT2D eigenvalue weighted by atomic mass is 10.1. The zero-order valence-corrected chi connectivity index (χ0v) is 16.0. The number of carbonyl (C=O) groups excluding carboxylic acids is 1. The van der Waals surface area contributed by atoms with Gasteiger partial charge in [0.15, 0.2) is 0 Å². The lowest BCUT2D eigenvalue weighted by Gasteiger charge is -2.15. The zero-order chi connectivity index (χ0) is 18.7. The largest absolute Gasteiger partial charge is 0.400 e. The third-order valence-electron chi connectivity index (χ3n) is 3.42. The maximum Gasteiger partial charge on any atom is 0.315 e. The second-order valence-electron chi connectivity index (χ2n) is 6.78. The van der Waals surface area contributed by atoms with Crippen molar-refractivity contribution in [2.45, 2.75) is 46.2 Å². The molecule has 1 aliphatic rings. The van der Waals surface area contributed by atoms with Crippen LogP contribution in [0.15, 0.2) is 11.8 Å². The summed E-state index contributed by atoms with van der Waals surface area (Å²) in [7, 11) is 3.65. The number of amides is 2.